The van der Waals surface area contributed by atoms with E-state index in [1.807, 2.05) is 35.2 Å². The van der Waals surface area contributed by atoms with Crippen LogP contribution in [0.15, 0.2) is 30.3 Å². The molecule has 16 heavy (non-hydrogen) atoms. The van der Waals surface area contributed by atoms with Crippen LogP contribution in [0.2, 0.25) is 0 Å². The summed E-state index contributed by atoms with van der Waals surface area (Å²) in [6, 6.07) is 10.2. The summed E-state index contributed by atoms with van der Waals surface area (Å²) in [6.07, 6.45) is 0. The lowest BCUT2D eigenvalue weighted by Crippen LogP contribution is -2.55. The summed E-state index contributed by atoms with van der Waals surface area (Å²) in [5, 5.41) is 3.42. The van der Waals surface area contributed by atoms with Crippen molar-refractivity contribution >= 4 is 5.91 Å². The maximum absolute atomic E-state index is 12.2. The van der Waals surface area contributed by atoms with E-state index in [-0.39, 0.29) is 5.91 Å². The van der Waals surface area contributed by atoms with Crippen molar-refractivity contribution in [2.75, 3.05) is 13.1 Å². The van der Waals surface area contributed by atoms with Crippen LogP contribution in [0.3, 0.4) is 0 Å². The van der Waals surface area contributed by atoms with Gasteiger partial charge in [-0.2, -0.15) is 0 Å². The lowest BCUT2D eigenvalue weighted by Gasteiger charge is -2.36. The summed E-state index contributed by atoms with van der Waals surface area (Å²) < 4.78 is 0. The van der Waals surface area contributed by atoms with Crippen molar-refractivity contribution in [3.8, 4) is 0 Å². The van der Waals surface area contributed by atoms with Crippen LogP contribution in [0.25, 0.3) is 0 Å². The lowest BCUT2D eigenvalue weighted by atomic mass is 10.1. The number of carbonyl (C=O) groups excluding carboxylic acids is 1. The van der Waals surface area contributed by atoms with Gasteiger partial charge in [-0.1, -0.05) is 18.2 Å². The van der Waals surface area contributed by atoms with Gasteiger partial charge in [0.2, 0.25) is 0 Å². The van der Waals surface area contributed by atoms with Crippen LogP contribution < -0.4 is 5.32 Å². The zero-order valence-electron chi connectivity index (χ0n) is 9.81. The molecule has 0 aromatic heterocycles. The summed E-state index contributed by atoms with van der Waals surface area (Å²) in [4.78, 5) is 14.1. The molecule has 1 aliphatic rings. The summed E-state index contributed by atoms with van der Waals surface area (Å²) in [5.74, 6) is 0.140. The Labute approximate surface area is 96.5 Å². The van der Waals surface area contributed by atoms with Gasteiger partial charge in [0.1, 0.15) is 0 Å². The second-order valence-corrected chi connectivity index (χ2v) is 4.54. The highest BCUT2D eigenvalue weighted by Gasteiger charge is 2.25. The van der Waals surface area contributed by atoms with Gasteiger partial charge in [0.15, 0.2) is 0 Å². The van der Waals surface area contributed by atoms with Gasteiger partial charge in [-0.15, -0.1) is 0 Å². The molecule has 0 unspecified atom stereocenters. The molecule has 1 amide bonds. The maximum atomic E-state index is 12.2. The SMILES string of the molecule is C[C@@H]1CN(C(=O)c2ccccc2)C[C@H](C)N1. The fraction of sp³-hybridized carbons (Fsp3) is 0.462. The van der Waals surface area contributed by atoms with Gasteiger partial charge in [-0.3, -0.25) is 4.79 Å². The normalized spacial score (nSPS) is 25.5. The third kappa shape index (κ3) is 2.42. The molecule has 1 saturated heterocycles. The number of amides is 1. The van der Waals surface area contributed by atoms with Crippen LogP contribution in [0.1, 0.15) is 24.2 Å². The Kier molecular flexibility index (Phi) is 3.25. The fourth-order valence-electron chi connectivity index (χ4n) is 2.26. The molecule has 0 aliphatic carbocycles. The minimum atomic E-state index is 0.140. The smallest absolute Gasteiger partial charge is 0.253 e. The zero-order valence-corrected chi connectivity index (χ0v) is 9.81. The molecule has 0 radical (unpaired) electrons. The molecule has 1 N–H and O–H groups in total. The van der Waals surface area contributed by atoms with E-state index < -0.39 is 0 Å². The molecule has 1 heterocycles. The first-order chi connectivity index (χ1) is 7.66. The molecule has 86 valence electrons. The molecule has 1 aliphatic heterocycles. The predicted octanol–water partition coefficient (Wildman–Crippen LogP) is 1.51. The third-order valence-electron chi connectivity index (χ3n) is 2.87. The molecular formula is C13H18N2O. The van der Waals surface area contributed by atoms with Crippen LogP contribution in [0.4, 0.5) is 0 Å². The van der Waals surface area contributed by atoms with Crippen LogP contribution in [0, 0.1) is 0 Å². The highest BCUT2D eigenvalue weighted by atomic mass is 16.2. The van der Waals surface area contributed by atoms with Crippen molar-refractivity contribution in [1.29, 1.82) is 0 Å². The van der Waals surface area contributed by atoms with Crippen LogP contribution in [0.5, 0.6) is 0 Å². The number of hydrogen-bond donors (Lipinski definition) is 1. The first kappa shape index (κ1) is 11.1. The number of hydrogen-bond acceptors (Lipinski definition) is 2. The Bertz CT molecular complexity index is 353. The van der Waals surface area contributed by atoms with Gasteiger partial charge in [0, 0.05) is 30.7 Å². The number of rotatable bonds is 1. The molecule has 1 fully saturated rings. The van der Waals surface area contributed by atoms with Crippen molar-refractivity contribution in [2.45, 2.75) is 25.9 Å². The minimum absolute atomic E-state index is 0.140. The van der Waals surface area contributed by atoms with Crippen molar-refractivity contribution in [1.82, 2.24) is 10.2 Å². The number of carbonyl (C=O) groups is 1. The van der Waals surface area contributed by atoms with Crippen molar-refractivity contribution in [3.05, 3.63) is 35.9 Å². The highest BCUT2D eigenvalue weighted by Crippen LogP contribution is 2.09. The van der Waals surface area contributed by atoms with Crippen LogP contribution in [-0.2, 0) is 0 Å². The molecule has 0 bridgehead atoms. The first-order valence-corrected chi connectivity index (χ1v) is 5.77. The van der Waals surface area contributed by atoms with E-state index >= 15 is 0 Å². The Hall–Kier alpha value is -1.35. The Morgan fingerprint density at radius 1 is 1.19 bits per heavy atom. The van der Waals surface area contributed by atoms with Crippen LogP contribution in [-0.4, -0.2) is 36.0 Å². The first-order valence-electron chi connectivity index (χ1n) is 5.77. The fourth-order valence-corrected chi connectivity index (χ4v) is 2.26. The van der Waals surface area contributed by atoms with E-state index in [2.05, 4.69) is 19.2 Å². The number of benzene rings is 1. The Morgan fingerprint density at radius 2 is 1.75 bits per heavy atom. The van der Waals surface area contributed by atoms with Gasteiger partial charge in [-0.25, -0.2) is 0 Å². The largest absolute Gasteiger partial charge is 0.336 e. The third-order valence-corrected chi connectivity index (χ3v) is 2.87. The summed E-state index contributed by atoms with van der Waals surface area (Å²) in [5.41, 5.74) is 0.781. The molecule has 1 aromatic carbocycles. The summed E-state index contributed by atoms with van der Waals surface area (Å²) in [7, 11) is 0. The van der Waals surface area contributed by atoms with Gasteiger partial charge in [0.05, 0.1) is 0 Å². The zero-order chi connectivity index (χ0) is 11.5. The van der Waals surface area contributed by atoms with Crippen LogP contribution >= 0.6 is 0 Å². The van der Waals surface area contributed by atoms with E-state index in [9.17, 15) is 4.79 Å². The molecule has 2 rings (SSSR count). The molecule has 0 saturated carbocycles. The number of piperazine rings is 1. The second-order valence-electron chi connectivity index (χ2n) is 4.54. The molecule has 3 heteroatoms. The standard InChI is InChI=1S/C13H18N2O/c1-10-8-15(9-11(2)14-10)13(16)12-6-4-3-5-7-12/h3-7,10-11,14H,8-9H2,1-2H3/t10-,11+. The molecule has 2 atom stereocenters. The maximum Gasteiger partial charge on any atom is 0.253 e. The molecule has 3 nitrogen and oxygen atoms in total. The minimum Gasteiger partial charge on any atom is -0.336 e. The van der Waals surface area contributed by atoms with Gasteiger partial charge in [0.25, 0.3) is 5.91 Å². The average Bonchev–Trinajstić information content (AvgIpc) is 2.28. The summed E-state index contributed by atoms with van der Waals surface area (Å²) >= 11 is 0. The Balaban J connectivity index is 2.10. The summed E-state index contributed by atoms with van der Waals surface area (Å²) in [6.45, 7) is 5.80. The van der Waals surface area contributed by atoms with E-state index in [1.165, 1.54) is 0 Å². The van der Waals surface area contributed by atoms with Crippen molar-refractivity contribution in [2.24, 2.45) is 0 Å². The number of nitrogens with one attached hydrogen (secondary N) is 1. The van der Waals surface area contributed by atoms with E-state index in [4.69, 9.17) is 0 Å². The molecule has 1 aromatic rings. The van der Waals surface area contributed by atoms with E-state index in [0.29, 0.717) is 12.1 Å². The van der Waals surface area contributed by atoms with Crippen molar-refractivity contribution < 1.29 is 4.79 Å². The average molecular weight is 218 g/mol. The predicted molar refractivity (Wildman–Crippen MR) is 64.4 cm³/mol. The molecule has 0 spiro atoms. The quantitative estimate of drug-likeness (QED) is 0.775. The van der Waals surface area contributed by atoms with Gasteiger partial charge < -0.3 is 10.2 Å². The van der Waals surface area contributed by atoms with E-state index in [1.54, 1.807) is 0 Å². The second kappa shape index (κ2) is 4.66. The van der Waals surface area contributed by atoms with Gasteiger partial charge in [-0.05, 0) is 26.0 Å². The highest BCUT2D eigenvalue weighted by molar-refractivity contribution is 5.94. The number of nitrogens with zero attached hydrogens (tertiary/aromatic N) is 1. The van der Waals surface area contributed by atoms with E-state index in [0.717, 1.165) is 18.7 Å². The molecular weight excluding hydrogens is 200 g/mol. The monoisotopic (exact) mass is 218 g/mol. The lowest BCUT2D eigenvalue weighted by molar-refractivity contribution is 0.0674. The van der Waals surface area contributed by atoms with Gasteiger partial charge >= 0.3 is 0 Å². The Morgan fingerprint density at radius 3 is 2.31 bits per heavy atom. The topological polar surface area (TPSA) is 32.3 Å². The van der Waals surface area contributed by atoms with Crippen molar-refractivity contribution in [3.63, 3.8) is 0 Å².